The second kappa shape index (κ2) is 9.72. The Hall–Kier alpha value is -3.74. The van der Waals surface area contributed by atoms with Crippen molar-refractivity contribution in [3.05, 3.63) is 76.6 Å². The topological polar surface area (TPSA) is 83.1 Å². The van der Waals surface area contributed by atoms with Crippen LogP contribution in [0.3, 0.4) is 0 Å². The van der Waals surface area contributed by atoms with Crippen molar-refractivity contribution in [2.75, 3.05) is 20.5 Å². The predicted molar refractivity (Wildman–Crippen MR) is 134 cm³/mol. The molecule has 7 nitrogen and oxygen atoms in total. The minimum Gasteiger partial charge on any atom is -0.497 e. The first-order chi connectivity index (χ1) is 17.4. The van der Waals surface area contributed by atoms with Crippen LogP contribution in [-0.2, 0) is 14.3 Å². The first-order valence-corrected chi connectivity index (χ1v) is 12.3. The van der Waals surface area contributed by atoms with Gasteiger partial charge in [-0.2, -0.15) is 0 Å². The molecule has 2 heterocycles. The van der Waals surface area contributed by atoms with E-state index in [2.05, 4.69) is 11.4 Å². The van der Waals surface area contributed by atoms with Crippen molar-refractivity contribution in [2.45, 2.75) is 39.0 Å². The largest absolute Gasteiger partial charge is 0.497 e. The molecule has 0 radical (unpaired) electrons. The number of rotatable bonds is 6. The lowest BCUT2D eigenvalue weighted by molar-refractivity contribution is -0.140. The van der Waals surface area contributed by atoms with Gasteiger partial charge in [-0.15, -0.1) is 0 Å². The SMILES string of the molecule is COc1ccc(C2C=C3NC(C)=C(C(=O)OCC(C)C)C(c4ccc5c(c4)OCO5)C3C(=O)C2)cc1. The van der Waals surface area contributed by atoms with Crippen LogP contribution in [0.15, 0.2) is 65.5 Å². The van der Waals surface area contributed by atoms with Gasteiger partial charge >= 0.3 is 5.97 Å². The van der Waals surface area contributed by atoms with Crippen molar-refractivity contribution >= 4 is 11.8 Å². The highest BCUT2D eigenvalue weighted by Gasteiger charge is 2.45. The van der Waals surface area contributed by atoms with Crippen LogP contribution in [-0.4, -0.2) is 32.3 Å². The molecule has 5 rings (SSSR count). The molecule has 3 aliphatic rings. The summed E-state index contributed by atoms with van der Waals surface area (Å²) >= 11 is 0. The van der Waals surface area contributed by atoms with Crippen LogP contribution in [0.2, 0.25) is 0 Å². The molecule has 0 saturated heterocycles. The summed E-state index contributed by atoms with van der Waals surface area (Å²) in [5.74, 6) is 0.834. The number of ketones is 1. The molecule has 7 heteroatoms. The molecule has 0 amide bonds. The van der Waals surface area contributed by atoms with Crippen LogP contribution in [0, 0.1) is 11.8 Å². The molecule has 188 valence electrons. The fourth-order valence-electron chi connectivity index (χ4n) is 5.20. The summed E-state index contributed by atoms with van der Waals surface area (Å²) in [6, 6.07) is 13.4. The zero-order chi connectivity index (χ0) is 25.4. The van der Waals surface area contributed by atoms with E-state index in [0.717, 1.165) is 22.6 Å². The van der Waals surface area contributed by atoms with E-state index < -0.39 is 17.8 Å². The summed E-state index contributed by atoms with van der Waals surface area (Å²) in [5.41, 5.74) is 3.85. The molecular formula is C29H31NO6. The number of ether oxygens (including phenoxy) is 4. The Balaban J connectivity index is 1.57. The van der Waals surface area contributed by atoms with Crippen molar-refractivity contribution in [3.8, 4) is 17.2 Å². The standard InChI is InChI=1S/C29H31NO6/c1-16(2)14-34-29(32)26-17(3)30-22-11-20(18-5-8-21(33-4)9-6-18)12-23(31)28(22)27(26)19-7-10-24-25(13-19)36-15-35-24/h5-11,13,16,20,27-28,30H,12,14-15H2,1-4H3. The first-order valence-electron chi connectivity index (χ1n) is 12.3. The summed E-state index contributed by atoms with van der Waals surface area (Å²) in [4.78, 5) is 27.1. The van der Waals surface area contributed by atoms with Crippen molar-refractivity contribution in [1.82, 2.24) is 5.32 Å². The number of benzene rings is 2. The number of hydrogen-bond donors (Lipinski definition) is 1. The van der Waals surface area contributed by atoms with Gasteiger partial charge in [-0.1, -0.05) is 38.1 Å². The number of allylic oxidation sites excluding steroid dienone is 3. The maximum atomic E-state index is 13.8. The molecule has 0 saturated carbocycles. The van der Waals surface area contributed by atoms with E-state index in [0.29, 0.717) is 35.8 Å². The van der Waals surface area contributed by atoms with Gasteiger partial charge < -0.3 is 24.3 Å². The van der Waals surface area contributed by atoms with Crippen LogP contribution < -0.4 is 19.5 Å². The Morgan fingerprint density at radius 1 is 1.06 bits per heavy atom. The molecular weight excluding hydrogens is 458 g/mol. The van der Waals surface area contributed by atoms with Gasteiger partial charge in [0.05, 0.1) is 25.2 Å². The smallest absolute Gasteiger partial charge is 0.336 e. The highest BCUT2D eigenvalue weighted by atomic mass is 16.7. The minimum absolute atomic E-state index is 0.0678. The fraction of sp³-hybridized carbons (Fsp3) is 0.379. The van der Waals surface area contributed by atoms with E-state index in [-0.39, 0.29) is 24.4 Å². The van der Waals surface area contributed by atoms with Crippen LogP contribution in [0.4, 0.5) is 0 Å². The Morgan fingerprint density at radius 3 is 2.50 bits per heavy atom. The number of carbonyl (C=O) groups excluding carboxylic acids is 2. The third-order valence-corrected chi connectivity index (χ3v) is 6.93. The normalized spacial score (nSPS) is 22.6. The Bertz CT molecular complexity index is 1240. The molecule has 0 aromatic heterocycles. The summed E-state index contributed by atoms with van der Waals surface area (Å²) < 4.78 is 22.0. The minimum atomic E-state index is -0.523. The van der Waals surface area contributed by atoms with Gasteiger partial charge in [0.15, 0.2) is 11.5 Å². The number of nitrogens with one attached hydrogen (secondary N) is 1. The lowest BCUT2D eigenvalue weighted by Gasteiger charge is -2.39. The number of fused-ring (bicyclic) bond motifs is 2. The van der Waals surface area contributed by atoms with E-state index in [1.807, 2.05) is 63.2 Å². The van der Waals surface area contributed by atoms with E-state index in [1.54, 1.807) is 7.11 Å². The van der Waals surface area contributed by atoms with E-state index in [4.69, 9.17) is 18.9 Å². The van der Waals surface area contributed by atoms with Crippen molar-refractivity contribution in [3.63, 3.8) is 0 Å². The van der Waals surface area contributed by atoms with Crippen LogP contribution in [0.1, 0.15) is 50.2 Å². The van der Waals surface area contributed by atoms with Crippen molar-refractivity contribution in [1.29, 1.82) is 0 Å². The highest BCUT2D eigenvalue weighted by Crippen LogP contribution is 2.48. The van der Waals surface area contributed by atoms with Crippen LogP contribution in [0.25, 0.3) is 0 Å². The highest BCUT2D eigenvalue weighted by molar-refractivity contribution is 5.96. The molecule has 0 spiro atoms. The predicted octanol–water partition coefficient (Wildman–Crippen LogP) is 4.84. The number of esters is 1. The van der Waals surface area contributed by atoms with E-state index >= 15 is 0 Å². The molecule has 0 bridgehead atoms. The van der Waals surface area contributed by atoms with Gasteiger partial charge in [-0.3, -0.25) is 4.79 Å². The van der Waals surface area contributed by atoms with Gasteiger partial charge in [-0.25, -0.2) is 4.79 Å². The summed E-state index contributed by atoms with van der Waals surface area (Å²) in [6.07, 6.45) is 2.46. The quantitative estimate of drug-likeness (QED) is 0.582. The second-order valence-corrected chi connectivity index (χ2v) is 9.90. The monoisotopic (exact) mass is 489 g/mol. The summed E-state index contributed by atoms with van der Waals surface area (Å²) in [5, 5.41) is 3.38. The number of hydrogen-bond acceptors (Lipinski definition) is 7. The molecule has 0 fully saturated rings. The number of methoxy groups -OCH3 is 1. The van der Waals surface area contributed by atoms with Gasteiger partial charge in [0.2, 0.25) is 6.79 Å². The zero-order valence-corrected chi connectivity index (χ0v) is 21.0. The second-order valence-electron chi connectivity index (χ2n) is 9.90. The third kappa shape index (κ3) is 4.45. The average Bonchev–Trinajstić information content (AvgIpc) is 3.34. The molecule has 1 aliphatic carbocycles. The molecule has 2 aromatic rings. The summed E-state index contributed by atoms with van der Waals surface area (Å²) in [7, 11) is 1.63. The zero-order valence-electron chi connectivity index (χ0n) is 21.0. The molecule has 2 aromatic carbocycles. The lowest BCUT2D eigenvalue weighted by Crippen LogP contribution is -2.42. The van der Waals surface area contributed by atoms with Gasteiger partial charge in [0, 0.05) is 29.7 Å². The number of Topliss-reactive ketones (excluding diaryl/α,β-unsaturated/α-hetero) is 1. The fourth-order valence-corrected chi connectivity index (χ4v) is 5.20. The molecule has 3 atom stereocenters. The maximum Gasteiger partial charge on any atom is 0.336 e. The maximum absolute atomic E-state index is 13.8. The Labute approximate surface area is 211 Å². The molecule has 3 unspecified atom stereocenters. The number of carbonyl (C=O) groups is 2. The molecule has 2 aliphatic heterocycles. The molecule has 1 N–H and O–H groups in total. The first kappa shape index (κ1) is 24.0. The van der Waals surface area contributed by atoms with Gasteiger partial charge in [0.25, 0.3) is 0 Å². The van der Waals surface area contributed by atoms with E-state index in [1.165, 1.54) is 0 Å². The van der Waals surface area contributed by atoms with Crippen LogP contribution >= 0.6 is 0 Å². The van der Waals surface area contributed by atoms with Gasteiger partial charge in [0.1, 0.15) is 11.5 Å². The average molecular weight is 490 g/mol. The van der Waals surface area contributed by atoms with Crippen molar-refractivity contribution < 1.29 is 28.5 Å². The van der Waals surface area contributed by atoms with Crippen molar-refractivity contribution in [2.24, 2.45) is 11.8 Å². The third-order valence-electron chi connectivity index (χ3n) is 6.93. The lowest BCUT2D eigenvalue weighted by atomic mass is 9.68. The van der Waals surface area contributed by atoms with Crippen LogP contribution in [0.5, 0.6) is 17.2 Å². The summed E-state index contributed by atoms with van der Waals surface area (Å²) in [6.45, 7) is 6.32. The Morgan fingerprint density at radius 2 is 1.78 bits per heavy atom. The Kier molecular flexibility index (Phi) is 6.48. The van der Waals surface area contributed by atoms with Gasteiger partial charge in [-0.05, 0) is 48.2 Å². The molecule has 36 heavy (non-hydrogen) atoms. The van der Waals surface area contributed by atoms with E-state index in [9.17, 15) is 9.59 Å².